The molecule has 1 aromatic carbocycles. The van der Waals surface area contributed by atoms with E-state index in [9.17, 15) is 0 Å². The quantitative estimate of drug-likeness (QED) is 0.334. The molecule has 0 aliphatic heterocycles. The van der Waals surface area contributed by atoms with Crippen molar-refractivity contribution in [3.05, 3.63) is 41.4 Å². The van der Waals surface area contributed by atoms with Gasteiger partial charge >= 0.3 is 0 Å². The first-order chi connectivity index (χ1) is 10.3. The van der Waals surface area contributed by atoms with E-state index >= 15 is 0 Å². The third-order valence-electron chi connectivity index (χ3n) is 2.67. The molecule has 0 saturated heterocycles. The number of hydrogen-bond donors (Lipinski definition) is 2. The fourth-order valence-electron chi connectivity index (χ4n) is 1.73. The van der Waals surface area contributed by atoms with E-state index in [1.807, 2.05) is 30.5 Å². The Morgan fingerprint density at radius 1 is 1.32 bits per heavy atom. The van der Waals surface area contributed by atoms with Crippen LogP contribution in [0.25, 0.3) is 10.6 Å². The number of aromatic nitrogens is 1. The van der Waals surface area contributed by atoms with Crippen molar-refractivity contribution >= 4 is 41.3 Å². The molecule has 0 radical (unpaired) electrons. The van der Waals surface area contributed by atoms with Gasteiger partial charge in [0.2, 0.25) is 0 Å². The highest BCUT2D eigenvalue weighted by atomic mass is 127. The first kappa shape index (κ1) is 18.5. The summed E-state index contributed by atoms with van der Waals surface area (Å²) in [5.74, 6) is 3.25. The van der Waals surface area contributed by atoms with Crippen LogP contribution in [-0.4, -0.2) is 24.0 Å². The van der Waals surface area contributed by atoms with Crippen molar-refractivity contribution in [1.82, 2.24) is 15.6 Å². The molecule has 0 fully saturated rings. The molecule has 2 aromatic rings. The van der Waals surface area contributed by atoms with Crippen LogP contribution >= 0.6 is 35.3 Å². The normalized spacial score (nSPS) is 10.5. The van der Waals surface area contributed by atoms with Gasteiger partial charge in [-0.2, -0.15) is 0 Å². The minimum Gasteiger partial charge on any atom is -0.357 e. The van der Waals surface area contributed by atoms with Crippen LogP contribution in [0, 0.1) is 12.3 Å². The minimum atomic E-state index is 0. The molecular formula is C16H19IN4S. The minimum absolute atomic E-state index is 0. The van der Waals surface area contributed by atoms with E-state index < -0.39 is 0 Å². The summed E-state index contributed by atoms with van der Waals surface area (Å²) in [4.78, 5) is 9.08. The van der Waals surface area contributed by atoms with Gasteiger partial charge in [-0.1, -0.05) is 36.3 Å². The maximum atomic E-state index is 5.24. The first-order valence-electron chi connectivity index (χ1n) is 6.79. The van der Waals surface area contributed by atoms with E-state index in [1.54, 1.807) is 11.3 Å². The van der Waals surface area contributed by atoms with Gasteiger partial charge in [0.25, 0.3) is 0 Å². The summed E-state index contributed by atoms with van der Waals surface area (Å²) in [5.41, 5.74) is 2.09. The molecule has 0 aliphatic rings. The smallest absolute Gasteiger partial charge is 0.192 e. The molecule has 2 rings (SSSR count). The molecule has 0 spiro atoms. The summed E-state index contributed by atoms with van der Waals surface area (Å²) in [6.45, 7) is 3.80. The molecule has 0 bridgehead atoms. The number of nitrogens with one attached hydrogen (secondary N) is 2. The number of halogens is 1. The van der Waals surface area contributed by atoms with Crippen molar-refractivity contribution in [3.63, 3.8) is 0 Å². The van der Waals surface area contributed by atoms with Gasteiger partial charge in [-0.15, -0.1) is 41.7 Å². The monoisotopic (exact) mass is 426 g/mol. The average Bonchev–Trinajstić information content (AvgIpc) is 3.00. The van der Waals surface area contributed by atoms with Gasteiger partial charge in [-0.25, -0.2) is 9.98 Å². The van der Waals surface area contributed by atoms with Gasteiger partial charge in [0.15, 0.2) is 5.96 Å². The molecule has 4 nitrogen and oxygen atoms in total. The van der Waals surface area contributed by atoms with E-state index in [0.717, 1.165) is 22.8 Å². The number of guanidine groups is 1. The molecule has 0 aliphatic carbocycles. The van der Waals surface area contributed by atoms with Crippen molar-refractivity contribution in [2.75, 3.05) is 13.1 Å². The molecular weight excluding hydrogens is 407 g/mol. The number of terminal acetylenes is 1. The molecule has 22 heavy (non-hydrogen) atoms. The number of hydrogen-bond acceptors (Lipinski definition) is 3. The maximum Gasteiger partial charge on any atom is 0.192 e. The van der Waals surface area contributed by atoms with Crippen molar-refractivity contribution in [2.24, 2.45) is 4.99 Å². The van der Waals surface area contributed by atoms with Crippen LogP contribution in [-0.2, 0) is 6.54 Å². The van der Waals surface area contributed by atoms with Crippen molar-refractivity contribution in [3.8, 4) is 22.9 Å². The second-order valence-corrected chi connectivity index (χ2v) is 5.12. The Balaban J connectivity index is 0.00000242. The summed E-state index contributed by atoms with van der Waals surface area (Å²) in [7, 11) is 0. The summed E-state index contributed by atoms with van der Waals surface area (Å²) >= 11 is 1.63. The average molecular weight is 426 g/mol. The van der Waals surface area contributed by atoms with Gasteiger partial charge < -0.3 is 10.6 Å². The lowest BCUT2D eigenvalue weighted by molar-refractivity contribution is 0.860. The highest BCUT2D eigenvalue weighted by Gasteiger charge is 2.04. The zero-order chi connectivity index (χ0) is 14.9. The Bertz CT molecular complexity index is 631. The summed E-state index contributed by atoms with van der Waals surface area (Å²) in [6.07, 6.45) is 5.24. The number of rotatable bonds is 5. The van der Waals surface area contributed by atoms with Crippen LogP contribution in [0.2, 0.25) is 0 Å². The Morgan fingerprint density at radius 3 is 2.77 bits per heavy atom. The van der Waals surface area contributed by atoms with Crippen LogP contribution in [0.5, 0.6) is 0 Å². The number of nitrogens with zero attached hydrogens (tertiary/aromatic N) is 2. The van der Waals surface area contributed by atoms with Gasteiger partial charge in [-0.05, 0) is 6.92 Å². The number of thiazole rings is 1. The summed E-state index contributed by atoms with van der Waals surface area (Å²) < 4.78 is 0. The Kier molecular flexibility index (Phi) is 8.55. The second-order valence-electron chi connectivity index (χ2n) is 4.26. The Morgan fingerprint density at radius 2 is 2.09 bits per heavy atom. The van der Waals surface area contributed by atoms with Crippen molar-refractivity contribution in [2.45, 2.75) is 13.5 Å². The fourth-order valence-corrected chi connectivity index (χ4v) is 2.55. The van der Waals surface area contributed by atoms with Crippen LogP contribution in [0.15, 0.2) is 40.7 Å². The van der Waals surface area contributed by atoms with E-state index in [1.165, 1.54) is 0 Å². The zero-order valence-corrected chi connectivity index (χ0v) is 15.5. The lowest BCUT2D eigenvalue weighted by atomic mass is 10.2. The van der Waals surface area contributed by atoms with Gasteiger partial charge in [0.1, 0.15) is 5.01 Å². The molecule has 116 valence electrons. The molecule has 0 amide bonds. The highest BCUT2D eigenvalue weighted by molar-refractivity contribution is 14.0. The highest BCUT2D eigenvalue weighted by Crippen LogP contribution is 2.23. The number of benzene rings is 1. The maximum absolute atomic E-state index is 5.24. The molecule has 0 atom stereocenters. The van der Waals surface area contributed by atoms with E-state index in [4.69, 9.17) is 6.42 Å². The predicted molar refractivity (Wildman–Crippen MR) is 105 cm³/mol. The standard InChI is InChI=1S/C16H18N4S.HI/c1-3-10-18-16(17-4-2)19-11-14-12-21-15(20-14)13-8-6-5-7-9-13;/h1,5-9,12H,4,10-11H2,2H3,(H2,17,18,19);1H. The molecule has 6 heteroatoms. The molecule has 2 N–H and O–H groups in total. The van der Waals surface area contributed by atoms with Gasteiger partial charge in [-0.3, -0.25) is 0 Å². The van der Waals surface area contributed by atoms with Gasteiger partial charge in [0.05, 0.1) is 18.8 Å². The molecule has 0 unspecified atom stereocenters. The largest absolute Gasteiger partial charge is 0.357 e. The van der Waals surface area contributed by atoms with E-state index in [2.05, 4.69) is 38.7 Å². The van der Waals surface area contributed by atoms with Crippen LogP contribution < -0.4 is 10.6 Å². The second kappa shape index (κ2) is 10.2. The van der Waals surface area contributed by atoms with Gasteiger partial charge in [0, 0.05) is 17.5 Å². The summed E-state index contributed by atoms with van der Waals surface area (Å²) in [5, 5.41) is 9.26. The zero-order valence-electron chi connectivity index (χ0n) is 12.4. The Labute approximate surface area is 152 Å². The SMILES string of the molecule is C#CCNC(=NCc1csc(-c2ccccc2)n1)NCC.I. The van der Waals surface area contributed by atoms with Crippen molar-refractivity contribution < 1.29 is 0 Å². The third-order valence-corrected chi connectivity index (χ3v) is 3.61. The summed E-state index contributed by atoms with van der Waals surface area (Å²) in [6, 6.07) is 10.2. The third kappa shape index (κ3) is 5.66. The van der Waals surface area contributed by atoms with Crippen molar-refractivity contribution in [1.29, 1.82) is 0 Å². The van der Waals surface area contributed by atoms with E-state index in [0.29, 0.717) is 19.0 Å². The lowest BCUT2D eigenvalue weighted by Crippen LogP contribution is -2.37. The lowest BCUT2D eigenvalue weighted by Gasteiger charge is -2.07. The molecule has 1 aromatic heterocycles. The van der Waals surface area contributed by atoms with E-state index in [-0.39, 0.29) is 24.0 Å². The molecule has 0 saturated carbocycles. The first-order valence-corrected chi connectivity index (χ1v) is 7.67. The fraction of sp³-hybridized carbons (Fsp3) is 0.250. The van der Waals surface area contributed by atoms with Crippen LogP contribution in [0.4, 0.5) is 0 Å². The Hall–Kier alpha value is -1.59. The van der Waals surface area contributed by atoms with Crippen LogP contribution in [0.3, 0.4) is 0 Å². The molecule has 1 heterocycles. The predicted octanol–water partition coefficient (Wildman–Crippen LogP) is 3.12. The topological polar surface area (TPSA) is 49.3 Å². The van der Waals surface area contributed by atoms with Crippen LogP contribution in [0.1, 0.15) is 12.6 Å². The number of aliphatic imine (C=N–C) groups is 1.